The van der Waals surface area contributed by atoms with E-state index in [4.69, 9.17) is 0 Å². The second-order valence-electron chi connectivity index (χ2n) is 7.38. The Morgan fingerprint density at radius 2 is 1.19 bits per heavy atom. The maximum absolute atomic E-state index is 12.8. The van der Waals surface area contributed by atoms with Crippen LogP contribution >= 0.6 is 0 Å². The zero-order chi connectivity index (χ0) is 22.0. The van der Waals surface area contributed by atoms with Gasteiger partial charge in [0.15, 0.2) is 5.78 Å². The molecule has 0 radical (unpaired) electrons. The number of carbonyl (C=O) groups is 1. The predicted octanol–water partition coefficient (Wildman–Crippen LogP) is 7.58. The number of aryl methyl sites for hydroxylation is 1. The van der Waals surface area contributed by atoms with Crippen molar-refractivity contribution in [2.45, 2.75) is 13.1 Å². The molecule has 4 aromatic carbocycles. The molecule has 0 aliphatic carbocycles. The van der Waals surface area contributed by atoms with Gasteiger partial charge >= 0.3 is 6.18 Å². The summed E-state index contributed by atoms with van der Waals surface area (Å²) in [6.07, 6.45) is -4.34. The van der Waals surface area contributed by atoms with Crippen LogP contribution in [0.15, 0.2) is 97.1 Å². The molecule has 0 unspecified atom stereocenters. The van der Waals surface area contributed by atoms with E-state index in [9.17, 15) is 18.0 Å². The lowest BCUT2D eigenvalue weighted by Crippen LogP contribution is -2.04. The van der Waals surface area contributed by atoms with Gasteiger partial charge in [-0.25, -0.2) is 0 Å². The minimum Gasteiger partial charge on any atom is -0.289 e. The molecule has 0 fully saturated rings. The molecule has 0 saturated carbocycles. The van der Waals surface area contributed by atoms with Crippen molar-refractivity contribution in [2.24, 2.45) is 0 Å². The SMILES string of the molecule is Cc1cc(-c2ccc(C(=O)c3ccccc3)cc2)ccc1-c1ccc(C(F)(F)F)cc1. The largest absolute Gasteiger partial charge is 0.416 e. The second kappa shape index (κ2) is 8.23. The van der Waals surface area contributed by atoms with Crippen molar-refractivity contribution in [3.05, 3.63) is 119 Å². The van der Waals surface area contributed by atoms with Gasteiger partial charge in [0.2, 0.25) is 0 Å². The third-order valence-corrected chi connectivity index (χ3v) is 5.27. The molecule has 4 heteroatoms. The molecule has 0 aromatic heterocycles. The van der Waals surface area contributed by atoms with Gasteiger partial charge in [-0.15, -0.1) is 0 Å². The Kier molecular flexibility index (Phi) is 5.47. The van der Waals surface area contributed by atoms with Crippen LogP contribution < -0.4 is 0 Å². The van der Waals surface area contributed by atoms with Gasteiger partial charge in [0.05, 0.1) is 5.56 Å². The fourth-order valence-electron chi connectivity index (χ4n) is 3.58. The van der Waals surface area contributed by atoms with Crippen LogP contribution in [0.1, 0.15) is 27.0 Å². The molecule has 0 heterocycles. The Morgan fingerprint density at radius 1 is 0.645 bits per heavy atom. The molecule has 0 amide bonds. The molecule has 31 heavy (non-hydrogen) atoms. The van der Waals surface area contributed by atoms with Crippen LogP contribution in [-0.2, 0) is 6.18 Å². The zero-order valence-corrected chi connectivity index (χ0v) is 16.8. The summed E-state index contributed by atoms with van der Waals surface area (Å²) >= 11 is 0. The van der Waals surface area contributed by atoms with Crippen LogP contribution in [0, 0.1) is 6.92 Å². The van der Waals surface area contributed by atoms with Crippen LogP contribution in [0.3, 0.4) is 0 Å². The van der Waals surface area contributed by atoms with E-state index in [-0.39, 0.29) is 5.78 Å². The summed E-state index contributed by atoms with van der Waals surface area (Å²) in [6.45, 7) is 1.93. The molecule has 0 bridgehead atoms. The van der Waals surface area contributed by atoms with Gasteiger partial charge in [-0.2, -0.15) is 13.2 Å². The molecule has 0 N–H and O–H groups in total. The van der Waals surface area contributed by atoms with Gasteiger partial charge in [-0.1, -0.05) is 84.9 Å². The summed E-state index contributed by atoms with van der Waals surface area (Å²) < 4.78 is 38.4. The van der Waals surface area contributed by atoms with Crippen molar-refractivity contribution in [1.82, 2.24) is 0 Å². The standard InChI is InChI=1S/C27H19F3O/c1-18-17-23(13-16-25(18)20-11-14-24(15-12-20)27(28,29)30)19-7-9-22(10-8-19)26(31)21-5-3-2-4-6-21/h2-17H,1H3. The predicted molar refractivity (Wildman–Crippen MR) is 117 cm³/mol. The highest BCUT2D eigenvalue weighted by Gasteiger charge is 2.30. The van der Waals surface area contributed by atoms with Crippen molar-refractivity contribution >= 4 is 5.78 Å². The Hall–Kier alpha value is -3.66. The molecule has 154 valence electrons. The third-order valence-electron chi connectivity index (χ3n) is 5.27. The molecule has 0 saturated heterocycles. The second-order valence-corrected chi connectivity index (χ2v) is 7.38. The van der Waals surface area contributed by atoms with Crippen molar-refractivity contribution < 1.29 is 18.0 Å². The van der Waals surface area contributed by atoms with E-state index >= 15 is 0 Å². The van der Waals surface area contributed by atoms with E-state index in [1.807, 2.05) is 67.6 Å². The molecule has 4 rings (SSSR count). The van der Waals surface area contributed by atoms with Crippen LogP contribution in [0.4, 0.5) is 13.2 Å². The summed E-state index contributed by atoms with van der Waals surface area (Å²) in [6, 6.07) is 27.6. The average Bonchev–Trinajstić information content (AvgIpc) is 2.79. The first-order chi connectivity index (χ1) is 14.8. The van der Waals surface area contributed by atoms with E-state index in [2.05, 4.69) is 0 Å². The van der Waals surface area contributed by atoms with E-state index in [1.165, 1.54) is 12.1 Å². The molecular formula is C27H19F3O. The number of rotatable bonds is 4. The maximum atomic E-state index is 12.8. The Morgan fingerprint density at radius 3 is 1.77 bits per heavy atom. The maximum Gasteiger partial charge on any atom is 0.416 e. The number of hydrogen-bond acceptors (Lipinski definition) is 1. The van der Waals surface area contributed by atoms with Gasteiger partial charge in [0, 0.05) is 11.1 Å². The number of halogens is 3. The molecular weight excluding hydrogens is 397 g/mol. The van der Waals surface area contributed by atoms with E-state index < -0.39 is 11.7 Å². The lowest BCUT2D eigenvalue weighted by atomic mass is 9.94. The molecule has 0 atom stereocenters. The van der Waals surface area contributed by atoms with Gasteiger partial charge in [0.25, 0.3) is 0 Å². The molecule has 0 aliphatic rings. The number of alkyl halides is 3. The third kappa shape index (κ3) is 4.43. The summed E-state index contributed by atoms with van der Waals surface area (Å²) in [5, 5.41) is 0. The van der Waals surface area contributed by atoms with Crippen molar-refractivity contribution in [1.29, 1.82) is 0 Å². The summed E-state index contributed by atoms with van der Waals surface area (Å²) in [5.41, 5.74) is 5.13. The van der Waals surface area contributed by atoms with Crippen LogP contribution in [0.5, 0.6) is 0 Å². The highest BCUT2D eigenvalue weighted by Crippen LogP contribution is 2.33. The van der Waals surface area contributed by atoms with Crippen LogP contribution in [0.2, 0.25) is 0 Å². The first-order valence-corrected chi connectivity index (χ1v) is 9.81. The fraction of sp³-hybridized carbons (Fsp3) is 0.0741. The Bertz CT molecular complexity index is 1210. The van der Waals surface area contributed by atoms with E-state index in [1.54, 1.807) is 12.1 Å². The zero-order valence-electron chi connectivity index (χ0n) is 16.8. The molecule has 0 aliphatic heterocycles. The van der Waals surface area contributed by atoms with Crippen molar-refractivity contribution in [3.8, 4) is 22.3 Å². The smallest absolute Gasteiger partial charge is 0.289 e. The van der Waals surface area contributed by atoms with Gasteiger partial charge in [-0.3, -0.25) is 4.79 Å². The first kappa shape index (κ1) is 20.6. The summed E-state index contributed by atoms with van der Waals surface area (Å²) in [4.78, 5) is 12.6. The number of carbonyl (C=O) groups excluding carboxylic acids is 1. The minimum atomic E-state index is -4.34. The summed E-state index contributed by atoms with van der Waals surface area (Å²) in [7, 11) is 0. The normalized spacial score (nSPS) is 11.4. The monoisotopic (exact) mass is 416 g/mol. The number of ketones is 1. The lowest BCUT2D eigenvalue weighted by Gasteiger charge is -2.11. The van der Waals surface area contributed by atoms with Crippen molar-refractivity contribution in [2.75, 3.05) is 0 Å². The van der Waals surface area contributed by atoms with Gasteiger partial charge in [0.1, 0.15) is 0 Å². The lowest BCUT2D eigenvalue weighted by molar-refractivity contribution is -0.137. The Labute approximate surface area is 178 Å². The van der Waals surface area contributed by atoms with Crippen LogP contribution in [0.25, 0.3) is 22.3 Å². The van der Waals surface area contributed by atoms with Gasteiger partial charge < -0.3 is 0 Å². The van der Waals surface area contributed by atoms with Crippen molar-refractivity contribution in [3.63, 3.8) is 0 Å². The van der Waals surface area contributed by atoms with Crippen LogP contribution in [-0.4, -0.2) is 5.78 Å². The number of hydrogen-bond donors (Lipinski definition) is 0. The fourth-order valence-corrected chi connectivity index (χ4v) is 3.58. The highest BCUT2D eigenvalue weighted by atomic mass is 19.4. The van der Waals surface area contributed by atoms with E-state index in [0.717, 1.165) is 39.9 Å². The van der Waals surface area contributed by atoms with E-state index in [0.29, 0.717) is 11.1 Å². The molecule has 1 nitrogen and oxygen atoms in total. The Balaban J connectivity index is 1.57. The minimum absolute atomic E-state index is 0.0269. The number of benzene rings is 4. The van der Waals surface area contributed by atoms with Gasteiger partial charge in [-0.05, 0) is 46.9 Å². The summed E-state index contributed by atoms with van der Waals surface area (Å²) in [5.74, 6) is -0.0269. The average molecular weight is 416 g/mol. The molecule has 4 aromatic rings. The first-order valence-electron chi connectivity index (χ1n) is 9.81. The highest BCUT2D eigenvalue weighted by molar-refractivity contribution is 6.09. The topological polar surface area (TPSA) is 17.1 Å². The molecule has 0 spiro atoms. The quantitative estimate of drug-likeness (QED) is 0.313.